The van der Waals surface area contributed by atoms with Crippen LogP contribution in [0.2, 0.25) is 0 Å². The summed E-state index contributed by atoms with van der Waals surface area (Å²) >= 11 is 1.81. The average molecular weight is 486 g/mol. The van der Waals surface area contributed by atoms with Crippen molar-refractivity contribution in [3.63, 3.8) is 0 Å². The number of ether oxygens (including phenoxy) is 1. The lowest BCUT2D eigenvalue weighted by atomic mass is 10.1. The number of carbonyl (C=O) groups is 1. The van der Waals surface area contributed by atoms with E-state index < -0.39 is 17.2 Å². The number of hydrogen-bond donors (Lipinski definition) is 3. The maximum Gasteiger partial charge on any atom is 0.408 e. The summed E-state index contributed by atoms with van der Waals surface area (Å²) in [5.41, 5.74) is -1.01. The number of alkyl carbamates (subject to hydrolysis) is 1. The molecule has 0 aromatic heterocycles. The molecular weight excluding hydrogens is 451 g/mol. The third-order valence-electron chi connectivity index (χ3n) is 2.59. The van der Waals surface area contributed by atoms with Crippen LogP contribution in [0.1, 0.15) is 41.5 Å². The van der Waals surface area contributed by atoms with Crippen LogP contribution in [-0.2, 0) is 4.74 Å². The fourth-order valence-electron chi connectivity index (χ4n) is 1.65. The molecule has 0 spiro atoms. The van der Waals surface area contributed by atoms with Gasteiger partial charge in [-0.15, -0.1) is 30.6 Å². The van der Waals surface area contributed by atoms with Crippen LogP contribution in [0.4, 0.5) is 4.79 Å². The van der Waals surface area contributed by atoms with Crippen LogP contribution in [0.25, 0.3) is 0 Å². The lowest BCUT2D eigenvalue weighted by Crippen LogP contribution is -2.49. The highest BCUT2D eigenvalue weighted by atomic mass is 127. The molecule has 1 amide bonds. The van der Waals surface area contributed by atoms with Gasteiger partial charge < -0.3 is 20.7 Å². The van der Waals surface area contributed by atoms with Crippen LogP contribution in [0.5, 0.6) is 0 Å². The van der Waals surface area contributed by atoms with E-state index >= 15 is 0 Å². The van der Waals surface area contributed by atoms with Gasteiger partial charge in [0.1, 0.15) is 5.60 Å². The fraction of sp³-hybridized carbons (Fsp3) is 0.765. The van der Waals surface area contributed by atoms with Gasteiger partial charge >= 0.3 is 6.09 Å². The second kappa shape index (κ2) is 13.5. The van der Waals surface area contributed by atoms with Gasteiger partial charge in [-0.3, -0.25) is 4.99 Å². The van der Waals surface area contributed by atoms with Gasteiger partial charge in [-0.2, -0.15) is 11.8 Å². The van der Waals surface area contributed by atoms with Crippen LogP contribution in [0, 0.1) is 0 Å². The van der Waals surface area contributed by atoms with Crippen LogP contribution < -0.4 is 16.0 Å². The van der Waals surface area contributed by atoms with Gasteiger partial charge in [0.25, 0.3) is 0 Å². The molecule has 0 aliphatic carbocycles. The SMILES string of the molecule is C=CCSCCNC(=NCC(C)(C)NC(=O)OC(C)(C)C)NCC.I. The van der Waals surface area contributed by atoms with Gasteiger partial charge in [-0.05, 0) is 41.5 Å². The molecule has 3 N–H and O–H groups in total. The number of amides is 1. The molecule has 0 bridgehead atoms. The number of halogens is 1. The number of guanidine groups is 1. The van der Waals surface area contributed by atoms with Crippen molar-refractivity contribution in [1.82, 2.24) is 16.0 Å². The Balaban J connectivity index is 0. The summed E-state index contributed by atoms with van der Waals surface area (Å²) in [4.78, 5) is 16.4. The Bertz CT molecular complexity index is 423. The normalized spacial score (nSPS) is 12.0. The van der Waals surface area contributed by atoms with Crippen molar-refractivity contribution in [3.05, 3.63) is 12.7 Å². The second-order valence-corrected chi connectivity index (χ2v) is 8.15. The number of nitrogens with zero attached hydrogens (tertiary/aromatic N) is 1. The molecule has 0 atom stereocenters. The van der Waals surface area contributed by atoms with Crippen molar-refractivity contribution in [3.8, 4) is 0 Å². The van der Waals surface area contributed by atoms with Gasteiger partial charge in [-0.1, -0.05) is 6.08 Å². The minimum Gasteiger partial charge on any atom is -0.444 e. The van der Waals surface area contributed by atoms with Crippen molar-refractivity contribution in [2.75, 3.05) is 31.1 Å². The van der Waals surface area contributed by atoms with E-state index in [1.54, 1.807) is 0 Å². The Morgan fingerprint density at radius 3 is 2.40 bits per heavy atom. The topological polar surface area (TPSA) is 74.8 Å². The first kappa shape index (κ1) is 26.6. The smallest absolute Gasteiger partial charge is 0.408 e. The van der Waals surface area contributed by atoms with E-state index in [0.29, 0.717) is 6.54 Å². The predicted molar refractivity (Wildman–Crippen MR) is 120 cm³/mol. The molecule has 25 heavy (non-hydrogen) atoms. The fourth-order valence-corrected chi connectivity index (χ4v) is 2.23. The summed E-state index contributed by atoms with van der Waals surface area (Å²) in [6, 6.07) is 0. The summed E-state index contributed by atoms with van der Waals surface area (Å²) < 4.78 is 5.29. The lowest BCUT2D eigenvalue weighted by molar-refractivity contribution is 0.0476. The first-order chi connectivity index (χ1) is 11.1. The van der Waals surface area contributed by atoms with E-state index in [-0.39, 0.29) is 24.0 Å². The first-order valence-electron chi connectivity index (χ1n) is 8.31. The minimum absolute atomic E-state index is 0. The average Bonchev–Trinajstić information content (AvgIpc) is 2.41. The van der Waals surface area contributed by atoms with E-state index in [9.17, 15) is 4.79 Å². The zero-order valence-electron chi connectivity index (χ0n) is 16.4. The van der Waals surface area contributed by atoms with E-state index in [1.807, 2.05) is 59.4 Å². The molecular formula is C17H35IN4O2S. The standard InChI is InChI=1S/C17H34N4O2S.HI/c1-8-11-24-12-10-19-14(18-9-2)20-13-17(6,7)21-15(22)23-16(3,4)5;/h8H,1,9-13H2,2-7H3,(H,21,22)(H2,18,19,20);1H. The molecule has 0 aliphatic heterocycles. The van der Waals surface area contributed by atoms with Gasteiger partial charge in [0.2, 0.25) is 0 Å². The predicted octanol–water partition coefficient (Wildman–Crippen LogP) is 3.38. The zero-order chi connectivity index (χ0) is 18.6. The van der Waals surface area contributed by atoms with Crippen molar-refractivity contribution in [2.45, 2.75) is 52.7 Å². The maximum atomic E-state index is 11.9. The summed E-state index contributed by atoms with van der Waals surface area (Å²) in [6.07, 6.45) is 1.47. The van der Waals surface area contributed by atoms with Gasteiger partial charge in [0.15, 0.2) is 5.96 Å². The van der Waals surface area contributed by atoms with E-state index in [2.05, 4.69) is 27.5 Å². The Morgan fingerprint density at radius 2 is 1.88 bits per heavy atom. The Labute approximate surface area is 174 Å². The highest BCUT2D eigenvalue weighted by Crippen LogP contribution is 2.09. The van der Waals surface area contributed by atoms with Gasteiger partial charge in [0, 0.05) is 24.6 Å². The van der Waals surface area contributed by atoms with E-state index in [4.69, 9.17) is 4.74 Å². The number of carbonyl (C=O) groups excluding carboxylic acids is 1. The molecule has 0 heterocycles. The monoisotopic (exact) mass is 486 g/mol. The highest BCUT2D eigenvalue weighted by molar-refractivity contribution is 14.0. The summed E-state index contributed by atoms with van der Waals surface area (Å²) in [5, 5.41) is 9.34. The number of nitrogens with one attached hydrogen (secondary N) is 3. The Hall–Kier alpha value is -0.640. The Morgan fingerprint density at radius 1 is 1.24 bits per heavy atom. The van der Waals surface area contributed by atoms with Crippen LogP contribution in [0.15, 0.2) is 17.6 Å². The first-order valence-corrected chi connectivity index (χ1v) is 9.47. The van der Waals surface area contributed by atoms with E-state index in [0.717, 1.165) is 30.6 Å². The highest BCUT2D eigenvalue weighted by Gasteiger charge is 2.24. The molecule has 0 saturated heterocycles. The molecule has 0 saturated carbocycles. The number of hydrogen-bond acceptors (Lipinski definition) is 4. The molecule has 0 aromatic carbocycles. The maximum absolute atomic E-state index is 11.9. The molecule has 0 aliphatic rings. The quantitative estimate of drug-likeness (QED) is 0.153. The number of rotatable bonds is 9. The molecule has 8 heteroatoms. The molecule has 6 nitrogen and oxygen atoms in total. The van der Waals surface area contributed by atoms with Crippen molar-refractivity contribution < 1.29 is 9.53 Å². The largest absolute Gasteiger partial charge is 0.444 e. The number of aliphatic imine (C=N–C) groups is 1. The van der Waals surface area contributed by atoms with Crippen LogP contribution in [-0.4, -0.2) is 54.3 Å². The summed E-state index contributed by atoms with van der Waals surface area (Å²) in [5.74, 6) is 2.67. The van der Waals surface area contributed by atoms with Crippen molar-refractivity contribution in [2.24, 2.45) is 4.99 Å². The van der Waals surface area contributed by atoms with Crippen LogP contribution in [0.3, 0.4) is 0 Å². The minimum atomic E-state index is -0.511. The van der Waals surface area contributed by atoms with Gasteiger partial charge in [0.05, 0.1) is 12.1 Å². The molecule has 0 fully saturated rings. The second-order valence-electron chi connectivity index (χ2n) is 7.00. The third-order valence-corrected chi connectivity index (χ3v) is 3.55. The zero-order valence-corrected chi connectivity index (χ0v) is 19.5. The molecule has 148 valence electrons. The summed E-state index contributed by atoms with van der Waals surface area (Å²) in [7, 11) is 0. The lowest BCUT2D eigenvalue weighted by Gasteiger charge is -2.27. The van der Waals surface area contributed by atoms with Crippen molar-refractivity contribution >= 4 is 47.8 Å². The summed E-state index contributed by atoms with van der Waals surface area (Å²) in [6.45, 7) is 17.1. The Kier molecular flexibility index (Phi) is 14.4. The molecule has 0 aromatic rings. The van der Waals surface area contributed by atoms with Crippen molar-refractivity contribution in [1.29, 1.82) is 0 Å². The van der Waals surface area contributed by atoms with Gasteiger partial charge in [-0.25, -0.2) is 4.79 Å². The van der Waals surface area contributed by atoms with Crippen LogP contribution >= 0.6 is 35.7 Å². The number of thioether (sulfide) groups is 1. The third kappa shape index (κ3) is 16.6. The molecule has 0 rings (SSSR count). The van der Waals surface area contributed by atoms with E-state index in [1.165, 1.54) is 0 Å². The molecule has 0 radical (unpaired) electrons. The molecule has 0 unspecified atom stereocenters.